The van der Waals surface area contributed by atoms with Crippen LogP contribution in [0.3, 0.4) is 0 Å². The summed E-state index contributed by atoms with van der Waals surface area (Å²) in [5.74, 6) is 0.865. The maximum atomic E-state index is 5.96. The highest BCUT2D eigenvalue weighted by molar-refractivity contribution is 7.80. The molecule has 1 N–H and O–H groups in total. The highest BCUT2D eigenvalue weighted by atomic mass is 32.1. The quantitative estimate of drug-likeness (QED) is 0.380. The number of para-hydroxylation sites is 1. The number of hydrogen-bond donors (Lipinski definition) is 1. The molecule has 26 heavy (non-hydrogen) atoms. The fourth-order valence-corrected chi connectivity index (χ4v) is 3.23. The Morgan fingerprint density at radius 2 is 1.65 bits per heavy atom. The molecule has 0 aliphatic carbocycles. The summed E-state index contributed by atoms with van der Waals surface area (Å²) < 4.78 is 5.96. The normalized spacial score (nSPS) is 10.6. The van der Waals surface area contributed by atoms with Crippen LogP contribution in [-0.2, 0) is 6.42 Å². The van der Waals surface area contributed by atoms with Gasteiger partial charge in [-0.15, -0.1) is 0 Å². The summed E-state index contributed by atoms with van der Waals surface area (Å²) in [5, 5.41) is 3.62. The second-order valence-corrected chi connectivity index (χ2v) is 7.26. The van der Waals surface area contributed by atoms with Gasteiger partial charge in [-0.25, -0.2) is 0 Å². The molecule has 0 unspecified atom stereocenters. The molecule has 0 fully saturated rings. The molecule has 140 valence electrons. The SMILES string of the molecule is CCCCCCCCc1ccccc1OC(=S)Nc1cccc(C)c1C. The first-order chi connectivity index (χ1) is 12.6. The van der Waals surface area contributed by atoms with Crippen molar-refractivity contribution < 1.29 is 4.74 Å². The van der Waals surface area contributed by atoms with Gasteiger partial charge in [0.1, 0.15) is 5.75 Å². The van der Waals surface area contributed by atoms with E-state index < -0.39 is 0 Å². The van der Waals surface area contributed by atoms with Gasteiger partial charge in [-0.2, -0.15) is 0 Å². The second-order valence-electron chi connectivity index (χ2n) is 6.89. The molecule has 0 bridgehead atoms. The topological polar surface area (TPSA) is 21.3 Å². The van der Waals surface area contributed by atoms with E-state index in [1.807, 2.05) is 24.3 Å². The van der Waals surface area contributed by atoms with Crippen LogP contribution in [0.2, 0.25) is 0 Å². The molecule has 2 aromatic carbocycles. The Balaban J connectivity index is 1.90. The number of ether oxygens (including phenoxy) is 1. The average Bonchev–Trinajstić information content (AvgIpc) is 2.63. The molecule has 0 atom stereocenters. The molecule has 2 aromatic rings. The fourth-order valence-electron chi connectivity index (χ4n) is 3.03. The van der Waals surface area contributed by atoms with E-state index in [-0.39, 0.29) is 0 Å². The van der Waals surface area contributed by atoms with Crippen molar-refractivity contribution >= 4 is 23.1 Å². The standard InChI is InChI=1S/C23H31NOS/c1-4-5-6-7-8-9-14-20-15-10-11-17-22(20)25-23(26)24-21-16-12-13-18(2)19(21)3/h10-13,15-17H,4-9,14H2,1-3H3,(H,24,26). The summed E-state index contributed by atoms with van der Waals surface area (Å²) in [7, 11) is 0. The third-order valence-corrected chi connectivity index (χ3v) is 5.00. The summed E-state index contributed by atoms with van der Waals surface area (Å²) in [4.78, 5) is 0. The van der Waals surface area contributed by atoms with Crippen LogP contribution >= 0.6 is 12.2 Å². The molecule has 0 radical (unpaired) electrons. The number of nitrogens with one attached hydrogen (secondary N) is 1. The zero-order valence-corrected chi connectivity index (χ0v) is 17.1. The van der Waals surface area contributed by atoms with Crippen molar-refractivity contribution in [2.45, 2.75) is 65.7 Å². The third-order valence-electron chi connectivity index (χ3n) is 4.82. The Morgan fingerprint density at radius 1 is 0.923 bits per heavy atom. The van der Waals surface area contributed by atoms with Crippen molar-refractivity contribution in [3.05, 3.63) is 59.2 Å². The number of hydrogen-bond acceptors (Lipinski definition) is 2. The minimum Gasteiger partial charge on any atom is -0.431 e. The van der Waals surface area contributed by atoms with Crippen LogP contribution in [0.1, 0.15) is 62.1 Å². The van der Waals surface area contributed by atoms with Gasteiger partial charge in [0.15, 0.2) is 0 Å². The molecule has 0 amide bonds. The van der Waals surface area contributed by atoms with Gasteiger partial charge in [-0.05, 0) is 67.7 Å². The Hall–Kier alpha value is -1.87. The average molecular weight is 370 g/mol. The second kappa shape index (κ2) is 11.0. The maximum Gasteiger partial charge on any atom is 0.266 e. The van der Waals surface area contributed by atoms with E-state index in [0.717, 1.165) is 17.9 Å². The molecule has 3 heteroatoms. The first-order valence-electron chi connectivity index (χ1n) is 9.74. The molecule has 0 spiro atoms. The lowest BCUT2D eigenvalue weighted by Gasteiger charge is -2.15. The molecule has 0 heterocycles. The predicted octanol–water partition coefficient (Wildman–Crippen LogP) is 6.98. The fraction of sp³-hybridized carbons (Fsp3) is 0.435. The summed E-state index contributed by atoms with van der Waals surface area (Å²) in [5.41, 5.74) is 4.66. The number of benzene rings is 2. The molecule has 0 aliphatic rings. The van der Waals surface area contributed by atoms with E-state index in [1.54, 1.807) is 0 Å². The third kappa shape index (κ3) is 6.45. The maximum absolute atomic E-state index is 5.96. The van der Waals surface area contributed by atoms with Gasteiger partial charge < -0.3 is 10.1 Å². The smallest absolute Gasteiger partial charge is 0.266 e. The Kier molecular flexibility index (Phi) is 8.63. The van der Waals surface area contributed by atoms with Crippen LogP contribution in [0.15, 0.2) is 42.5 Å². The van der Waals surface area contributed by atoms with Crippen molar-refractivity contribution in [1.82, 2.24) is 0 Å². The first-order valence-corrected chi connectivity index (χ1v) is 10.2. The molecule has 0 saturated carbocycles. The van der Waals surface area contributed by atoms with Crippen molar-refractivity contribution in [2.75, 3.05) is 5.32 Å². The van der Waals surface area contributed by atoms with Crippen LogP contribution in [0.4, 0.5) is 5.69 Å². The van der Waals surface area contributed by atoms with E-state index in [9.17, 15) is 0 Å². The van der Waals surface area contributed by atoms with Gasteiger partial charge in [0.05, 0.1) is 0 Å². The van der Waals surface area contributed by atoms with E-state index >= 15 is 0 Å². The molecule has 0 aromatic heterocycles. The number of anilines is 1. The summed E-state index contributed by atoms with van der Waals surface area (Å²) in [6, 6.07) is 14.4. The monoisotopic (exact) mass is 369 g/mol. The Labute approximate surface area is 164 Å². The molecule has 2 nitrogen and oxygen atoms in total. The van der Waals surface area contributed by atoms with Gasteiger partial charge in [0.25, 0.3) is 5.17 Å². The van der Waals surface area contributed by atoms with Crippen LogP contribution < -0.4 is 10.1 Å². The first kappa shape index (κ1) is 20.4. The minimum absolute atomic E-state index is 0.397. The van der Waals surface area contributed by atoms with E-state index in [1.165, 1.54) is 55.2 Å². The molecule has 0 aliphatic heterocycles. The van der Waals surface area contributed by atoms with Gasteiger partial charge >= 0.3 is 0 Å². The van der Waals surface area contributed by atoms with Crippen molar-refractivity contribution in [1.29, 1.82) is 0 Å². The van der Waals surface area contributed by atoms with E-state index in [4.69, 9.17) is 17.0 Å². The van der Waals surface area contributed by atoms with E-state index in [0.29, 0.717) is 5.17 Å². The molecular formula is C23H31NOS. The van der Waals surface area contributed by atoms with Crippen LogP contribution in [-0.4, -0.2) is 5.17 Å². The van der Waals surface area contributed by atoms with Crippen LogP contribution in [0, 0.1) is 13.8 Å². The van der Waals surface area contributed by atoms with Crippen molar-refractivity contribution in [3.8, 4) is 5.75 Å². The van der Waals surface area contributed by atoms with Crippen LogP contribution in [0.25, 0.3) is 0 Å². The lowest BCUT2D eigenvalue weighted by molar-refractivity contribution is 0.547. The molecular weight excluding hydrogens is 338 g/mol. The van der Waals surface area contributed by atoms with Gasteiger partial charge in [-0.1, -0.05) is 69.4 Å². The zero-order valence-electron chi connectivity index (χ0n) is 16.3. The number of thiocarbonyl (C=S) groups is 1. The number of aryl methyl sites for hydroxylation is 2. The van der Waals surface area contributed by atoms with Gasteiger partial charge in [0.2, 0.25) is 0 Å². The summed E-state index contributed by atoms with van der Waals surface area (Å²) in [6.07, 6.45) is 8.82. The lowest BCUT2D eigenvalue weighted by Crippen LogP contribution is -2.18. The zero-order chi connectivity index (χ0) is 18.8. The Morgan fingerprint density at radius 3 is 2.46 bits per heavy atom. The molecule has 0 saturated heterocycles. The van der Waals surface area contributed by atoms with Crippen molar-refractivity contribution in [3.63, 3.8) is 0 Å². The largest absolute Gasteiger partial charge is 0.431 e. The minimum atomic E-state index is 0.397. The summed E-state index contributed by atoms with van der Waals surface area (Å²) >= 11 is 5.43. The van der Waals surface area contributed by atoms with E-state index in [2.05, 4.69) is 44.3 Å². The highest BCUT2D eigenvalue weighted by Gasteiger charge is 2.08. The number of unbranched alkanes of at least 4 members (excludes halogenated alkanes) is 5. The van der Waals surface area contributed by atoms with Gasteiger partial charge in [-0.3, -0.25) is 0 Å². The summed E-state index contributed by atoms with van der Waals surface area (Å²) in [6.45, 7) is 6.44. The predicted molar refractivity (Wildman–Crippen MR) is 116 cm³/mol. The lowest BCUT2D eigenvalue weighted by atomic mass is 10.0. The van der Waals surface area contributed by atoms with Crippen molar-refractivity contribution in [2.24, 2.45) is 0 Å². The van der Waals surface area contributed by atoms with Crippen LogP contribution in [0.5, 0.6) is 5.75 Å². The highest BCUT2D eigenvalue weighted by Crippen LogP contribution is 2.23. The Bertz CT molecular complexity index is 711. The number of rotatable bonds is 9. The van der Waals surface area contributed by atoms with Gasteiger partial charge in [0, 0.05) is 5.69 Å². The molecule has 2 rings (SSSR count).